The van der Waals surface area contributed by atoms with E-state index < -0.39 is 4.92 Å². The molecule has 7 nitrogen and oxygen atoms in total. The number of hydrogen-bond acceptors (Lipinski definition) is 4. The van der Waals surface area contributed by atoms with E-state index in [1.807, 2.05) is 19.1 Å². The zero-order valence-electron chi connectivity index (χ0n) is 16.5. The van der Waals surface area contributed by atoms with Crippen molar-refractivity contribution < 1.29 is 9.66 Å². The molecule has 0 bridgehead atoms. The summed E-state index contributed by atoms with van der Waals surface area (Å²) in [7, 11) is 0. The lowest BCUT2D eigenvalue weighted by atomic mass is 10.1. The highest BCUT2D eigenvalue weighted by molar-refractivity contribution is 5.79. The fourth-order valence-corrected chi connectivity index (χ4v) is 2.58. The normalized spacial score (nSPS) is 11.3. The van der Waals surface area contributed by atoms with Crippen LogP contribution in [0.15, 0.2) is 53.5 Å². The molecule has 0 spiro atoms. The lowest BCUT2D eigenvalue weighted by molar-refractivity contribution is -0.384. The minimum absolute atomic E-state index is 0.0830. The van der Waals surface area contributed by atoms with Gasteiger partial charge in [0.15, 0.2) is 5.96 Å². The Hall–Kier alpha value is -2.93. The topological polar surface area (TPSA) is 88.8 Å². The molecule has 0 amide bonds. The van der Waals surface area contributed by atoms with Crippen molar-refractivity contribution in [3.05, 3.63) is 75.3 Å². The second-order valence-corrected chi connectivity index (χ2v) is 6.35. The number of ether oxygens (including phenoxy) is 1. The molecular formula is C21H28N4O3. The summed E-state index contributed by atoms with van der Waals surface area (Å²) in [6.07, 6.45) is 0.885. The van der Waals surface area contributed by atoms with Crippen LogP contribution in [-0.2, 0) is 17.8 Å². The van der Waals surface area contributed by atoms with Gasteiger partial charge in [0.05, 0.1) is 11.5 Å². The predicted molar refractivity (Wildman–Crippen MR) is 111 cm³/mol. The van der Waals surface area contributed by atoms with Gasteiger partial charge in [0.1, 0.15) is 0 Å². The van der Waals surface area contributed by atoms with Crippen LogP contribution in [0.5, 0.6) is 0 Å². The van der Waals surface area contributed by atoms with Crippen molar-refractivity contribution in [2.45, 2.75) is 33.4 Å². The number of nitro groups is 1. The SMILES string of the molecule is CCOCCCNC(=NCc1ccc([N+](=O)[O-])cc1)NCc1ccccc1C. The van der Waals surface area contributed by atoms with Crippen LogP contribution in [0.4, 0.5) is 5.69 Å². The van der Waals surface area contributed by atoms with Crippen molar-refractivity contribution in [3.8, 4) is 0 Å². The number of aliphatic imine (C=N–C) groups is 1. The van der Waals surface area contributed by atoms with Crippen molar-refractivity contribution in [2.75, 3.05) is 19.8 Å². The van der Waals surface area contributed by atoms with E-state index in [1.54, 1.807) is 12.1 Å². The fraction of sp³-hybridized carbons (Fsp3) is 0.381. The molecule has 0 saturated carbocycles. The van der Waals surface area contributed by atoms with Gasteiger partial charge in [-0.3, -0.25) is 10.1 Å². The second kappa shape index (κ2) is 11.7. The zero-order valence-corrected chi connectivity index (χ0v) is 16.5. The van der Waals surface area contributed by atoms with E-state index in [-0.39, 0.29) is 5.69 Å². The molecule has 2 N–H and O–H groups in total. The first kappa shape index (κ1) is 21.4. The third-order valence-electron chi connectivity index (χ3n) is 4.24. The quantitative estimate of drug-likeness (QED) is 0.215. The van der Waals surface area contributed by atoms with Crippen molar-refractivity contribution in [2.24, 2.45) is 4.99 Å². The largest absolute Gasteiger partial charge is 0.382 e. The lowest BCUT2D eigenvalue weighted by Crippen LogP contribution is -2.38. The first-order valence-corrected chi connectivity index (χ1v) is 9.48. The molecule has 0 fully saturated rings. The Labute approximate surface area is 166 Å². The van der Waals surface area contributed by atoms with Gasteiger partial charge >= 0.3 is 0 Å². The van der Waals surface area contributed by atoms with E-state index in [2.05, 4.69) is 34.7 Å². The standard InChI is InChI=1S/C21H28N4O3/c1-3-28-14-6-13-22-21(24-16-19-8-5-4-7-17(19)2)23-15-18-9-11-20(12-10-18)25(26)27/h4-5,7-12H,3,6,13-16H2,1-2H3,(H2,22,23,24). The molecule has 0 aromatic heterocycles. The number of guanidine groups is 1. The second-order valence-electron chi connectivity index (χ2n) is 6.35. The Morgan fingerprint density at radius 1 is 1.14 bits per heavy atom. The van der Waals surface area contributed by atoms with Gasteiger partial charge in [-0.2, -0.15) is 0 Å². The maximum absolute atomic E-state index is 10.8. The van der Waals surface area contributed by atoms with Gasteiger partial charge in [-0.1, -0.05) is 36.4 Å². The van der Waals surface area contributed by atoms with Crippen molar-refractivity contribution in [1.29, 1.82) is 0 Å². The van der Waals surface area contributed by atoms with Crippen LogP contribution in [0.1, 0.15) is 30.0 Å². The molecule has 0 radical (unpaired) electrons. The average molecular weight is 384 g/mol. The van der Waals surface area contributed by atoms with Crippen LogP contribution in [0, 0.1) is 17.0 Å². The number of hydrogen-bond donors (Lipinski definition) is 2. The van der Waals surface area contributed by atoms with Gasteiger partial charge in [0, 0.05) is 38.4 Å². The molecule has 0 atom stereocenters. The van der Waals surface area contributed by atoms with Crippen molar-refractivity contribution >= 4 is 11.6 Å². The van der Waals surface area contributed by atoms with E-state index in [0.717, 1.165) is 18.5 Å². The highest BCUT2D eigenvalue weighted by Crippen LogP contribution is 2.12. The van der Waals surface area contributed by atoms with Gasteiger partial charge in [0.2, 0.25) is 0 Å². The number of nitrogens with zero attached hydrogens (tertiary/aromatic N) is 2. The number of rotatable bonds is 10. The molecule has 2 rings (SSSR count). The number of nitro benzene ring substituents is 1. The molecule has 0 aliphatic carbocycles. The molecule has 0 saturated heterocycles. The van der Waals surface area contributed by atoms with Crippen LogP contribution in [-0.4, -0.2) is 30.6 Å². The first-order chi connectivity index (χ1) is 13.6. The minimum Gasteiger partial charge on any atom is -0.382 e. The van der Waals surface area contributed by atoms with E-state index >= 15 is 0 Å². The molecule has 150 valence electrons. The monoisotopic (exact) mass is 384 g/mol. The Balaban J connectivity index is 1.98. The van der Waals surface area contributed by atoms with Gasteiger partial charge in [0.25, 0.3) is 5.69 Å². The molecule has 7 heteroatoms. The summed E-state index contributed by atoms with van der Waals surface area (Å²) in [5.41, 5.74) is 3.43. The van der Waals surface area contributed by atoms with Gasteiger partial charge in [-0.15, -0.1) is 0 Å². The number of non-ortho nitro benzene ring substituents is 1. The number of aryl methyl sites for hydroxylation is 1. The van der Waals surface area contributed by atoms with Gasteiger partial charge < -0.3 is 15.4 Å². The summed E-state index contributed by atoms with van der Waals surface area (Å²) >= 11 is 0. The third kappa shape index (κ3) is 7.36. The Bertz CT molecular complexity index is 775. The maximum Gasteiger partial charge on any atom is 0.269 e. The summed E-state index contributed by atoms with van der Waals surface area (Å²) in [5.74, 6) is 0.707. The van der Waals surface area contributed by atoms with Gasteiger partial charge in [-0.05, 0) is 37.0 Å². The predicted octanol–water partition coefficient (Wildman–Crippen LogP) is 3.57. The highest BCUT2D eigenvalue weighted by atomic mass is 16.6. The summed E-state index contributed by atoms with van der Waals surface area (Å²) < 4.78 is 5.36. The summed E-state index contributed by atoms with van der Waals surface area (Å²) in [6.45, 7) is 7.34. The van der Waals surface area contributed by atoms with Crippen LogP contribution < -0.4 is 10.6 Å². The van der Waals surface area contributed by atoms with Crippen molar-refractivity contribution in [1.82, 2.24) is 10.6 Å². The molecule has 0 aliphatic heterocycles. The maximum atomic E-state index is 10.8. The van der Waals surface area contributed by atoms with Gasteiger partial charge in [-0.25, -0.2) is 4.99 Å². The van der Waals surface area contributed by atoms with E-state index in [9.17, 15) is 10.1 Å². The smallest absolute Gasteiger partial charge is 0.269 e. The molecule has 0 unspecified atom stereocenters. The summed E-state index contributed by atoms with van der Waals surface area (Å²) in [6, 6.07) is 14.7. The zero-order chi connectivity index (χ0) is 20.2. The molecule has 2 aromatic carbocycles. The minimum atomic E-state index is -0.401. The van der Waals surface area contributed by atoms with Crippen LogP contribution in [0.2, 0.25) is 0 Å². The van der Waals surface area contributed by atoms with E-state index in [1.165, 1.54) is 23.3 Å². The average Bonchev–Trinajstić information content (AvgIpc) is 2.70. The van der Waals surface area contributed by atoms with Crippen LogP contribution >= 0.6 is 0 Å². The van der Waals surface area contributed by atoms with E-state index in [4.69, 9.17) is 4.74 Å². The van der Waals surface area contributed by atoms with E-state index in [0.29, 0.717) is 32.3 Å². The molecule has 2 aromatic rings. The summed E-state index contributed by atoms with van der Waals surface area (Å²) in [4.78, 5) is 15.0. The van der Waals surface area contributed by atoms with Crippen molar-refractivity contribution in [3.63, 3.8) is 0 Å². The Kier molecular flexibility index (Phi) is 8.94. The summed E-state index contributed by atoms with van der Waals surface area (Å²) in [5, 5.41) is 17.4. The molecule has 0 heterocycles. The Morgan fingerprint density at radius 3 is 2.57 bits per heavy atom. The van der Waals surface area contributed by atoms with Crippen LogP contribution in [0.3, 0.4) is 0 Å². The Morgan fingerprint density at radius 2 is 1.89 bits per heavy atom. The third-order valence-corrected chi connectivity index (χ3v) is 4.24. The molecule has 28 heavy (non-hydrogen) atoms. The highest BCUT2D eigenvalue weighted by Gasteiger charge is 2.05. The van der Waals surface area contributed by atoms with Crippen LogP contribution in [0.25, 0.3) is 0 Å². The molecular weight excluding hydrogens is 356 g/mol. The fourth-order valence-electron chi connectivity index (χ4n) is 2.58. The first-order valence-electron chi connectivity index (χ1n) is 9.48. The molecule has 0 aliphatic rings. The lowest BCUT2D eigenvalue weighted by Gasteiger charge is -2.14. The number of nitrogens with one attached hydrogen (secondary N) is 2. The number of benzene rings is 2.